The first-order valence-electron chi connectivity index (χ1n) is 17.1. The Morgan fingerprint density at radius 2 is 1.81 bits per heavy atom. The number of fused-ring (bicyclic) bond motifs is 1. The van der Waals surface area contributed by atoms with Crippen LogP contribution in [0.3, 0.4) is 0 Å². The van der Waals surface area contributed by atoms with Gasteiger partial charge in [-0.3, -0.25) is 9.59 Å². The molecule has 2 heterocycles. The molecular formula is C35H46BFN4O9P2. The summed E-state index contributed by atoms with van der Waals surface area (Å²) in [6.07, 6.45) is 3.98. The van der Waals surface area contributed by atoms with Crippen molar-refractivity contribution < 1.29 is 41.9 Å². The van der Waals surface area contributed by atoms with Crippen LogP contribution in [0.15, 0.2) is 41.3 Å². The minimum atomic E-state index is -1.79. The van der Waals surface area contributed by atoms with Crippen molar-refractivity contribution in [2.75, 3.05) is 58.4 Å². The topological polar surface area (TPSA) is 162 Å². The molecule has 2 aromatic carbocycles. The van der Waals surface area contributed by atoms with E-state index in [1.165, 1.54) is 34.6 Å². The number of amides is 1. The van der Waals surface area contributed by atoms with Gasteiger partial charge in [-0.2, -0.15) is 0 Å². The molecule has 1 aromatic heterocycles. The minimum absolute atomic E-state index is 0.00768. The summed E-state index contributed by atoms with van der Waals surface area (Å²) < 4.78 is 44.5. The maximum Gasteiger partial charge on any atom is 0.344 e. The molecule has 2 fully saturated rings. The summed E-state index contributed by atoms with van der Waals surface area (Å²) in [7, 11) is 2.66. The van der Waals surface area contributed by atoms with Crippen molar-refractivity contribution in [2.24, 2.45) is 0 Å². The summed E-state index contributed by atoms with van der Waals surface area (Å²) in [5.41, 5.74) is 0.843. The fourth-order valence-electron chi connectivity index (χ4n) is 6.27. The van der Waals surface area contributed by atoms with Crippen molar-refractivity contribution in [3.63, 3.8) is 0 Å². The molecule has 5 rings (SSSR count). The van der Waals surface area contributed by atoms with E-state index in [0.29, 0.717) is 37.0 Å². The van der Waals surface area contributed by atoms with Gasteiger partial charge in [0, 0.05) is 58.3 Å². The molecule has 17 heteroatoms. The quantitative estimate of drug-likeness (QED) is 0.105. The largest absolute Gasteiger partial charge is 0.492 e. The van der Waals surface area contributed by atoms with Crippen LogP contribution in [0.5, 0.6) is 5.75 Å². The summed E-state index contributed by atoms with van der Waals surface area (Å²) in [6.45, 7) is 6.06. The maximum atomic E-state index is 15.9. The molecule has 280 valence electrons. The zero-order valence-corrected chi connectivity index (χ0v) is 32.3. The smallest absolute Gasteiger partial charge is 0.344 e. The average molecular weight is 759 g/mol. The monoisotopic (exact) mass is 758 g/mol. The number of pyridine rings is 1. The highest BCUT2D eigenvalue weighted by molar-refractivity contribution is 7.66. The van der Waals surface area contributed by atoms with E-state index in [-0.39, 0.29) is 41.0 Å². The van der Waals surface area contributed by atoms with Gasteiger partial charge in [-0.1, -0.05) is 32.9 Å². The number of anilines is 2. The Kier molecular flexibility index (Phi) is 15.0. The van der Waals surface area contributed by atoms with Gasteiger partial charge in [-0.05, 0) is 55.2 Å². The van der Waals surface area contributed by atoms with Gasteiger partial charge in [0.15, 0.2) is 34.9 Å². The van der Waals surface area contributed by atoms with Crippen molar-refractivity contribution in [3.05, 3.63) is 63.7 Å². The van der Waals surface area contributed by atoms with Gasteiger partial charge in [0.2, 0.25) is 5.43 Å². The van der Waals surface area contributed by atoms with Crippen LogP contribution in [0.25, 0.3) is 10.9 Å². The molecule has 3 unspecified atom stereocenters. The van der Waals surface area contributed by atoms with Crippen LogP contribution in [0.4, 0.5) is 15.8 Å². The Morgan fingerprint density at radius 3 is 2.37 bits per heavy atom. The molecule has 1 saturated carbocycles. The highest BCUT2D eigenvalue weighted by Gasteiger charge is 2.36. The number of hydrogen-bond acceptors (Lipinski definition) is 11. The zero-order chi connectivity index (χ0) is 38.1. The Hall–Kier alpha value is -3.63. The molecule has 1 aliphatic carbocycles. The molecule has 1 saturated heterocycles. The Labute approximate surface area is 306 Å². The third-order valence-electron chi connectivity index (χ3n) is 8.99. The molecule has 0 spiro atoms. The van der Waals surface area contributed by atoms with E-state index in [1.807, 2.05) is 25.7 Å². The normalized spacial score (nSPS) is 16.8. The summed E-state index contributed by atoms with van der Waals surface area (Å²) in [5.74, 6) is 0.220. The van der Waals surface area contributed by atoms with Crippen molar-refractivity contribution >= 4 is 57.6 Å². The highest BCUT2D eigenvalue weighted by atomic mass is 31.2. The number of halogens is 1. The maximum absolute atomic E-state index is 15.9. The van der Waals surface area contributed by atoms with E-state index in [9.17, 15) is 24.5 Å². The molecule has 3 aromatic rings. The van der Waals surface area contributed by atoms with E-state index in [0.717, 1.165) is 24.5 Å². The number of benzene rings is 2. The van der Waals surface area contributed by atoms with E-state index in [2.05, 4.69) is 11.3 Å². The van der Waals surface area contributed by atoms with Crippen LogP contribution >= 0.6 is 16.8 Å². The third kappa shape index (κ3) is 9.29. The zero-order valence-electron chi connectivity index (χ0n) is 30.6. The molecule has 3 atom stereocenters. The average Bonchev–Trinajstić information content (AvgIpc) is 4.00. The SMILES string of the molecule is CC.COc1c(N2CCB(C#N)C(C)C2)c(F)cc2c(=O)c(C(=O)OCC(=O)Nc3ccc(CC(P(O)OC)P(OC)OC)cc3)cn(C3CC3)c12. The van der Waals surface area contributed by atoms with Crippen LogP contribution in [-0.4, -0.2) is 81.6 Å². The van der Waals surface area contributed by atoms with Gasteiger partial charge < -0.3 is 42.7 Å². The second-order valence-corrected chi connectivity index (χ2v) is 16.2. The standard InChI is InChI=1S/C33H40BFN4O9P2.C2H6/c1-20-16-38(13-12-34(20)19-36)30-26(35)15-24-29(32(30)44-2)39(23-10-11-23)17-25(31(24)41)33(42)48-18-27(40)37-22-8-6-21(7-9-22)14-28(49(43)45-3)50(46-4)47-5;1-2/h6-9,15,17,20,23,28,43H,10-14,16,18H2,1-5H3,(H,37,40);1-2H3. The molecule has 0 bridgehead atoms. The third-order valence-corrected chi connectivity index (χ3v) is 12.6. The van der Waals surface area contributed by atoms with Gasteiger partial charge >= 0.3 is 5.97 Å². The number of carbonyl (C=O) groups excluding carboxylic acids is 2. The number of nitrogens with zero attached hydrogens (tertiary/aromatic N) is 3. The Bertz CT molecular complexity index is 1820. The second kappa shape index (κ2) is 18.9. The minimum Gasteiger partial charge on any atom is -0.492 e. The van der Waals surface area contributed by atoms with E-state index in [4.69, 9.17) is 23.0 Å². The molecular weight excluding hydrogens is 712 g/mol. The fourth-order valence-corrected chi connectivity index (χ4v) is 9.37. The second-order valence-electron chi connectivity index (χ2n) is 12.2. The van der Waals surface area contributed by atoms with Crippen molar-refractivity contribution in [3.8, 4) is 11.7 Å². The number of nitriles is 1. The number of ether oxygens (including phenoxy) is 2. The lowest BCUT2D eigenvalue weighted by atomic mass is 9.39. The molecule has 2 aliphatic rings. The van der Waals surface area contributed by atoms with Crippen LogP contribution in [0.2, 0.25) is 12.1 Å². The van der Waals surface area contributed by atoms with Gasteiger partial charge in [-0.25, -0.2) is 14.4 Å². The van der Waals surface area contributed by atoms with Gasteiger partial charge in [0.05, 0.1) is 18.0 Å². The van der Waals surface area contributed by atoms with E-state index in [1.54, 1.807) is 28.8 Å². The fraction of sp³-hybridized carbons (Fsp3) is 0.486. The number of hydrogen-bond donors (Lipinski definition) is 2. The molecule has 2 N–H and O–H groups in total. The van der Waals surface area contributed by atoms with Gasteiger partial charge in [-0.15, -0.1) is 0 Å². The molecule has 13 nitrogen and oxygen atoms in total. The predicted molar refractivity (Wildman–Crippen MR) is 202 cm³/mol. The lowest BCUT2D eigenvalue weighted by molar-refractivity contribution is -0.119. The number of carbonyl (C=O) groups is 2. The number of rotatable bonds is 14. The van der Waals surface area contributed by atoms with Crippen molar-refractivity contribution in [2.45, 2.75) is 63.6 Å². The molecule has 1 amide bonds. The number of aromatic nitrogens is 1. The first kappa shape index (κ1) is 41.1. The van der Waals surface area contributed by atoms with Gasteiger partial charge in [0.25, 0.3) is 12.6 Å². The predicted octanol–water partition coefficient (Wildman–Crippen LogP) is 6.50. The summed E-state index contributed by atoms with van der Waals surface area (Å²) >= 11 is 0. The van der Waals surface area contributed by atoms with Crippen molar-refractivity contribution in [1.82, 2.24) is 4.57 Å². The van der Waals surface area contributed by atoms with Crippen LogP contribution in [-0.2, 0) is 29.5 Å². The first-order chi connectivity index (χ1) is 25.0. The van der Waals surface area contributed by atoms with Crippen LogP contribution in [0.1, 0.15) is 55.6 Å². The van der Waals surface area contributed by atoms with Crippen LogP contribution < -0.4 is 20.4 Å². The molecule has 1 aliphatic heterocycles. The van der Waals surface area contributed by atoms with Crippen LogP contribution in [0, 0.1) is 17.0 Å². The first-order valence-corrected chi connectivity index (χ1v) is 19.6. The molecule has 0 radical (unpaired) electrons. The van der Waals surface area contributed by atoms with Gasteiger partial charge in [0.1, 0.15) is 16.7 Å². The lowest BCUT2D eigenvalue weighted by Gasteiger charge is -2.35. The number of esters is 1. The summed E-state index contributed by atoms with van der Waals surface area (Å²) in [5, 5.41) is 11.7. The number of methoxy groups -OCH3 is 1. The summed E-state index contributed by atoms with van der Waals surface area (Å²) in [4.78, 5) is 51.8. The van der Waals surface area contributed by atoms with E-state index < -0.39 is 51.9 Å². The lowest BCUT2D eigenvalue weighted by Crippen LogP contribution is -2.41. The Morgan fingerprint density at radius 1 is 1.13 bits per heavy atom. The van der Waals surface area contributed by atoms with E-state index >= 15 is 4.39 Å². The number of nitrogens with one attached hydrogen (secondary N) is 1. The van der Waals surface area contributed by atoms with Crippen molar-refractivity contribution in [1.29, 1.82) is 5.26 Å². The highest BCUT2D eigenvalue weighted by Crippen LogP contribution is 2.58. The summed E-state index contributed by atoms with van der Waals surface area (Å²) in [6, 6.07) is 7.98. The molecule has 52 heavy (non-hydrogen) atoms. The Balaban J connectivity index is 0.00000297.